The van der Waals surface area contributed by atoms with Crippen molar-refractivity contribution in [1.29, 1.82) is 0 Å². The lowest BCUT2D eigenvalue weighted by atomic mass is 10.4. The van der Waals surface area contributed by atoms with Gasteiger partial charge in [-0.1, -0.05) is 57.7 Å². The maximum absolute atomic E-state index is 11.6. The molecule has 0 aliphatic heterocycles. The Morgan fingerprint density at radius 3 is 1.26 bits per heavy atom. The van der Waals surface area contributed by atoms with Crippen LogP contribution in [0, 0.1) is 0 Å². The first-order chi connectivity index (χ1) is 16.6. The van der Waals surface area contributed by atoms with E-state index in [1.165, 1.54) is 0 Å². The summed E-state index contributed by atoms with van der Waals surface area (Å²) < 4.78 is 35.0. The van der Waals surface area contributed by atoms with Crippen LogP contribution in [0.1, 0.15) is 77.7 Å². The zero-order valence-electron chi connectivity index (χ0n) is 24.0. The quantitative estimate of drug-likeness (QED) is 0.0522. The largest absolute Gasteiger partial charge is 0.462 e. The molecule has 0 aromatic rings. The van der Waals surface area contributed by atoms with E-state index in [1.807, 2.05) is 0 Å². The monoisotopic (exact) mass is 658 g/mol. The molecule has 0 heterocycles. The van der Waals surface area contributed by atoms with Gasteiger partial charge in [0, 0.05) is 24.9 Å². The van der Waals surface area contributed by atoms with Gasteiger partial charge in [0.25, 0.3) is 0 Å². The van der Waals surface area contributed by atoms with E-state index < -0.39 is 25.2 Å². The van der Waals surface area contributed by atoms with Gasteiger partial charge in [0.15, 0.2) is 16.6 Å². The van der Waals surface area contributed by atoms with Crippen LogP contribution in [0.25, 0.3) is 0 Å². The van der Waals surface area contributed by atoms with E-state index in [0.717, 1.165) is 37.4 Å². The third-order valence-corrected chi connectivity index (χ3v) is 17.6. The first-order valence-electron chi connectivity index (χ1n) is 12.8. The molecule has 0 spiro atoms. The number of carbonyl (C=O) groups is 2. The molecule has 0 bridgehead atoms. The Labute approximate surface area is 266 Å². The van der Waals surface area contributed by atoms with E-state index >= 15 is 0 Å². The number of hydrogen-bond acceptors (Lipinski definition) is 8. The average Bonchev–Trinajstić information content (AvgIpc) is 2.75. The van der Waals surface area contributed by atoms with Gasteiger partial charge < -0.3 is 27.2 Å². The summed E-state index contributed by atoms with van der Waals surface area (Å²) in [5, 5.41) is 0. The first kappa shape index (κ1) is 56.7. The van der Waals surface area contributed by atoms with Crippen LogP contribution in [0.15, 0.2) is 24.3 Å². The fraction of sp³-hybridized carbons (Fsp3) is 0.806. The highest BCUT2D eigenvalue weighted by Gasteiger charge is 2.42. The Balaban J connectivity index is -0.000000408. The second-order valence-corrected chi connectivity index (χ2v) is 23.0. The van der Waals surface area contributed by atoms with Crippen molar-refractivity contribution in [3.05, 3.63) is 24.3 Å². The maximum Gasteiger partial charge on any atom is 0.333 e. The number of ether oxygens (including phenoxy) is 4. The molecule has 0 N–H and O–H groups in total. The molecular weight excluding hydrogens is 585 g/mol. The predicted octanol–water partition coefficient (Wildman–Crippen LogP) is 9.39. The van der Waals surface area contributed by atoms with Gasteiger partial charge in [-0.15, -0.1) is 0 Å². The van der Waals surface area contributed by atoms with Crippen molar-refractivity contribution in [3.63, 3.8) is 0 Å². The fourth-order valence-corrected chi connectivity index (χ4v) is 18.0. The molecule has 8 nitrogen and oxygen atoms in total. The fourth-order valence-electron chi connectivity index (χ4n) is 3.71. The van der Waals surface area contributed by atoms with Crippen molar-refractivity contribution in [1.82, 2.24) is 0 Å². The third kappa shape index (κ3) is 29.0. The van der Waals surface area contributed by atoms with Gasteiger partial charge in [0.2, 0.25) is 0 Å². The minimum absolute atomic E-state index is 0. The summed E-state index contributed by atoms with van der Waals surface area (Å²) in [7, 11) is -5.02. The third-order valence-electron chi connectivity index (χ3n) is 5.35. The van der Waals surface area contributed by atoms with E-state index in [0.29, 0.717) is 44.2 Å². The van der Waals surface area contributed by atoms with Crippen LogP contribution < -0.4 is 0 Å². The summed E-state index contributed by atoms with van der Waals surface area (Å²) in [6, 6.07) is 2.57. The number of methoxy groups -OCH3 is 1. The molecular formula is C31H74O8Si3. The molecule has 0 unspecified atom stereocenters. The Morgan fingerprint density at radius 1 is 0.571 bits per heavy atom. The van der Waals surface area contributed by atoms with Crippen LogP contribution in [-0.2, 0) is 36.8 Å². The van der Waals surface area contributed by atoms with E-state index in [9.17, 15) is 9.59 Å². The van der Waals surface area contributed by atoms with Crippen molar-refractivity contribution in [2.45, 2.75) is 129 Å². The highest BCUT2D eigenvalue weighted by atomic mass is 28.5. The van der Waals surface area contributed by atoms with Gasteiger partial charge in [-0.05, 0) is 84.0 Å². The Hall–Kier alpha value is -1.09. The summed E-state index contributed by atoms with van der Waals surface area (Å²) in [5.74, 6) is -0.707. The van der Waals surface area contributed by atoms with Crippen LogP contribution in [0.2, 0.25) is 50.9 Å². The SMILES string of the molecule is C.C.C.C.C.C.C=C(C)C(=O)OCCC[Si](C)(C)O[Si](C)(CCCOCCOC)O[Si](C)(C)CCCOC(=O)C(=C)C. The molecule has 0 aliphatic rings. The zero-order chi connectivity index (χ0) is 27.8. The summed E-state index contributed by atoms with van der Waals surface area (Å²) >= 11 is 0. The van der Waals surface area contributed by atoms with Gasteiger partial charge in [-0.3, -0.25) is 0 Å². The van der Waals surface area contributed by atoms with Crippen molar-refractivity contribution in [2.75, 3.05) is 40.1 Å². The molecule has 0 radical (unpaired) electrons. The van der Waals surface area contributed by atoms with Gasteiger partial charge in [0.05, 0.1) is 26.4 Å². The average molecular weight is 659 g/mol. The first-order valence-corrected chi connectivity index (χ1v) is 21.5. The molecule has 0 aromatic carbocycles. The normalized spacial score (nSPS) is 10.6. The number of rotatable bonds is 21. The minimum atomic E-state index is -2.52. The van der Waals surface area contributed by atoms with Crippen molar-refractivity contribution in [2.24, 2.45) is 0 Å². The molecule has 0 saturated carbocycles. The Morgan fingerprint density at radius 2 is 0.929 bits per heavy atom. The van der Waals surface area contributed by atoms with Gasteiger partial charge >= 0.3 is 20.5 Å². The molecule has 0 fully saturated rings. The highest BCUT2D eigenvalue weighted by molar-refractivity contribution is 6.88. The van der Waals surface area contributed by atoms with E-state index in [1.54, 1.807) is 21.0 Å². The second kappa shape index (κ2) is 28.7. The lowest BCUT2D eigenvalue weighted by Gasteiger charge is -2.41. The molecule has 11 heteroatoms. The van der Waals surface area contributed by atoms with E-state index in [4.69, 9.17) is 27.2 Å². The summed E-state index contributed by atoms with van der Waals surface area (Å²) in [6.45, 7) is 24.0. The van der Waals surface area contributed by atoms with Crippen LogP contribution in [-0.4, -0.2) is 77.3 Å². The molecule has 0 atom stereocenters. The van der Waals surface area contributed by atoms with Crippen molar-refractivity contribution >= 4 is 37.1 Å². The molecule has 0 aliphatic carbocycles. The van der Waals surface area contributed by atoms with Gasteiger partial charge in [0.1, 0.15) is 0 Å². The highest BCUT2D eigenvalue weighted by Crippen LogP contribution is 2.29. The summed E-state index contributed by atoms with van der Waals surface area (Å²) in [5.41, 5.74) is 0.816. The number of hydrogen-bond donors (Lipinski definition) is 0. The smallest absolute Gasteiger partial charge is 0.333 e. The number of carbonyl (C=O) groups excluding carboxylic acids is 2. The molecule has 42 heavy (non-hydrogen) atoms. The van der Waals surface area contributed by atoms with Crippen LogP contribution >= 0.6 is 0 Å². The molecule has 0 saturated heterocycles. The van der Waals surface area contributed by atoms with Gasteiger partial charge in [-0.2, -0.15) is 0 Å². The van der Waals surface area contributed by atoms with Crippen LogP contribution in [0.4, 0.5) is 0 Å². The summed E-state index contributed by atoms with van der Waals surface area (Å²) in [4.78, 5) is 23.3. The number of esters is 2. The summed E-state index contributed by atoms with van der Waals surface area (Å²) in [6.07, 6.45) is 2.35. The Kier molecular flexibility index (Phi) is 38.7. The Bertz CT molecular complexity index is 664. The van der Waals surface area contributed by atoms with Crippen molar-refractivity contribution in [3.8, 4) is 0 Å². The van der Waals surface area contributed by atoms with Gasteiger partial charge in [-0.25, -0.2) is 9.59 Å². The molecule has 0 rings (SSSR count). The molecule has 258 valence electrons. The topological polar surface area (TPSA) is 89.5 Å². The van der Waals surface area contributed by atoms with Crippen molar-refractivity contribution < 1.29 is 36.8 Å². The van der Waals surface area contributed by atoms with E-state index in [2.05, 4.69) is 45.9 Å². The lowest BCUT2D eigenvalue weighted by Crippen LogP contribution is -2.54. The minimum Gasteiger partial charge on any atom is -0.462 e. The predicted molar refractivity (Wildman–Crippen MR) is 192 cm³/mol. The van der Waals surface area contributed by atoms with Crippen LogP contribution in [0.5, 0.6) is 0 Å². The molecule has 0 aromatic heterocycles. The zero-order valence-corrected chi connectivity index (χ0v) is 27.0. The van der Waals surface area contributed by atoms with E-state index in [-0.39, 0.29) is 56.5 Å². The van der Waals surface area contributed by atoms with Crippen LogP contribution in [0.3, 0.4) is 0 Å². The molecule has 0 amide bonds. The standard InChI is InChI=1S/C25H50O8Si3.6CH4/c1-22(2)24(26)30-15-12-19-34(6,7)32-36(10,21-11-14-29-18-17-28-5)33-35(8,9)20-13-16-31-25(27)23(3)4;;;;;;/h1,3,11-21H2,2,4-10H3;6*1H4. The lowest BCUT2D eigenvalue weighted by molar-refractivity contribution is -0.139. The second-order valence-electron chi connectivity index (χ2n) is 10.6. The maximum atomic E-state index is 11.6.